The quantitative estimate of drug-likeness (QED) is 0.612. The summed E-state index contributed by atoms with van der Waals surface area (Å²) in [4.78, 5) is 4.16. The van der Waals surface area contributed by atoms with E-state index in [0.29, 0.717) is 0 Å². The minimum Gasteiger partial charge on any atom is -0.194 e. The van der Waals surface area contributed by atoms with Gasteiger partial charge in [-0.3, -0.25) is 0 Å². The highest BCUT2D eigenvalue weighted by molar-refractivity contribution is 4.70. The Morgan fingerprint density at radius 1 is 1.70 bits per heavy atom. The lowest BCUT2D eigenvalue weighted by Crippen LogP contribution is -2.34. The number of unbranched alkanes of at least 4 members (excludes halogenated alkanes) is 1. The average molecular weight is 140 g/mol. The van der Waals surface area contributed by atoms with Crippen molar-refractivity contribution in [3.63, 3.8) is 0 Å². The van der Waals surface area contributed by atoms with E-state index in [1.165, 1.54) is 12.8 Å². The summed E-state index contributed by atoms with van der Waals surface area (Å²) in [5.74, 6) is 1.14. The van der Waals surface area contributed by atoms with Gasteiger partial charge in [-0.05, 0) is 11.4 Å². The van der Waals surface area contributed by atoms with Crippen LogP contribution in [0.2, 0.25) is 0 Å². The van der Waals surface area contributed by atoms with Crippen LogP contribution in [0.4, 0.5) is 0 Å². The number of hydrogen-bond acceptors (Lipinski definition) is 1. The first kappa shape index (κ1) is 7.25. The Morgan fingerprint density at radius 2 is 2.50 bits per heavy atom. The van der Waals surface area contributed by atoms with Crippen LogP contribution < -0.4 is 4.68 Å². The first-order chi connectivity index (χ1) is 4.84. The van der Waals surface area contributed by atoms with Gasteiger partial charge in [-0.25, -0.2) is 0 Å². The summed E-state index contributed by atoms with van der Waals surface area (Å²) in [7, 11) is 1.98. The Kier molecular flexibility index (Phi) is 2.42. The van der Waals surface area contributed by atoms with E-state index in [1.54, 1.807) is 6.33 Å². The number of nitrogens with one attached hydrogen (secondary N) is 1. The molecule has 1 heterocycles. The van der Waals surface area contributed by atoms with Gasteiger partial charge in [0.25, 0.3) is 0 Å². The van der Waals surface area contributed by atoms with Gasteiger partial charge < -0.3 is 0 Å². The number of H-pyrrole nitrogens is 1. The zero-order chi connectivity index (χ0) is 7.40. The highest BCUT2D eigenvalue weighted by Gasteiger charge is 2.07. The maximum absolute atomic E-state index is 4.16. The number of aromatic amines is 1. The minimum absolute atomic E-state index is 1.08. The Hall–Kier alpha value is -0.860. The van der Waals surface area contributed by atoms with Crippen LogP contribution in [-0.4, -0.2) is 10.1 Å². The molecule has 1 N–H and O–H groups in total. The molecule has 0 radical (unpaired) electrons. The number of nitrogens with zero attached hydrogens (tertiary/aromatic N) is 2. The van der Waals surface area contributed by atoms with Crippen LogP contribution in [0.5, 0.6) is 0 Å². The molecule has 0 saturated heterocycles. The first-order valence-corrected chi connectivity index (χ1v) is 3.73. The fourth-order valence-electron chi connectivity index (χ4n) is 0.918. The zero-order valence-electron chi connectivity index (χ0n) is 6.59. The summed E-state index contributed by atoms with van der Waals surface area (Å²) >= 11 is 0. The fourth-order valence-corrected chi connectivity index (χ4v) is 0.918. The average Bonchev–Trinajstić information content (AvgIpc) is 2.31. The molecule has 1 rings (SSSR count). The van der Waals surface area contributed by atoms with Crippen LogP contribution in [0, 0.1) is 0 Å². The molecule has 56 valence electrons. The summed E-state index contributed by atoms with van der Waals surface area (Å²) in [6.07, 6.45) is 5.26. The Morgan fingerprint density at radius 3 is 3.00 bits per heavy atom. The van der Waals surface area contributed by atoms with Gasteiger partial charge in [-0.2, -0.15) is 9.78 Å². The van der Waals surface area contributed by atoms with Gasteiger partial charge in [0.1, 0.15) is 7.05 Å². The smallest absolute Gasteiger partial charge is 0.194 e. The van der Waals surface area contributed by atoms with Gasteiger partial charge in [0.2, 0.25) is 6.33 Å². The lowest BCUT2D eigenvalue weighted by atomic mass is 10.2. The predicted molar refractivity (Wildman–Crippen MR) is 38.4 cm³/mol. The maximum Gasteiger partial charge on any atom is 0.318 e. The van der Waals surface area contributed by atoms with Crippen molar-refractivity contribution in [1.29, 1.82) is 0 Å². The van der Waals surface area contributed by atoms with Gasteiger partial charge in [-0.15, -0.1) is 0 Å². The van der Waals surface area contributed by atoms with Gasteiger partial charge in [0, 0.05) is 0 Å². The summed E-state index contributed by atoms with van der Waals surface area (Å²) < 4.78 is 1.95. The second-order valence-electron chi connectivity index (χ2n) is 2.47. The minimum atomic E-state index is 1.08. The molecule has 0 aromatic carbocycles. The molecule has 0 saturated carbocycles. The Labute approximate surface area is 61.1 Å². The molecule has 0 aliphatic heterocycles. The molecule has 3 heteroatoms. The van der Waals surface area contributed by atoms with Crippen molar-refractivity contribution in [3.8, 4) is 0 Å². The highest BCUT2D eigenvalue weighted by Crippen LogP contribution is 1.93. The maximum atomic E-state index is 4.16. The van der Waals surface area contributed by atoms with Crippen molar-refractivity contribution in [1.82, 2.24) is 10.1 Å². The third-order valence-corrected chi connectivity index (χ3v) is 1.61. The number of hydrogen-bond donors (Lipinski definition) is 1. The summed E-state index contributed by atoms with van der Waals surface area (Å²) in [5, 5.41) is 2.98. The van der Waals surface area contributed by atoms with Crippen molar-refractivity contribution >= 4 is 0 Å². The molecule has 0 aliphatic rings. The van der Waals surface area contributed by atoms with Crippen LogP contribution >= 0.6 is 0 Å². The fraction of sp³-hybridized carbons (Fsp3) is 0.714. The zero-order valence-corrected chi connectivity index (χ0v) is 6.59. The van der Waals surface area contributed by atoms with Crippen molar-refractivity contribution in [3.05, 3.63) is 12.2 Å². The molecule has 0 spiro atoms. The van der Waals surface area contributed by atoms with E-state index in [-0.39, 0.29) is 0 Å². The Balaban J connectivity index is 2.49. The van der Waals surface area contributed by atoms with Gasteiger partial charge >= 0.3 is 5.82 Å². The molecule has 0 fully saturated rings. The third kappa shape index (κ3) is 1.56. The molecule has 1 aromatic rings. The molecule has 0 atom stereocenters. The summed E-state index contributed by atoms with van der Waals surface area (Å²) in [6.45, 7) is 2.19. The normalized spacial score (nSPS) is 10.2. The molecule has 0 amide bonds. The van der Waals surface area contributed by atoms with Crippen molar-refractivity contribution in [2.45, 2.75) is 26.2 Å². The molecule has 1 aromatic heterocycles. The largest absolute Gasteiger partial charge is 0.318 e. The summed E-state index contributed by atoms with van der Waals surface area (Å²) in [5.41, 5.74) is 0. The van der Waals surface area contributed by atoms with Crippen LogP contribution in [0.3, 0.4) is 0 Å². The molecule has 10 heavy (non-hydrogen) atoms. The van der Waals surface area contributed by atoms with Crippen LogP contribution in [0.15, 0.2) is 6.33 Å². The van der Waals surface area contributed by atoms with Crippen molar-refractivity contribution in [2.24, 2.45) is 7.05 Å². The molecule has 0 aliphatic carbocycles. The second kappa shape index (κ2) is 3.34. The predicted octanol–water partition coefficient (Wildman–Crippen LogP) is 0.577. The van der Waals surface area contributed by atoms with Gasteiger partial charge in [-0.1, -0.05) is 13.3 Å². The first-order valence-electron chi connectivity index (χ1n) is 3.73. The van der Waals surface area contributed by atoms with E-state index >= 15 is 0 Å². The van der Waals surface area contributed by atoms with E-state index in [2.05, 4.69) is 17.0 Å². The second-order valence-corrected chi connectivity index (χ2v) is 2.47. The van der Waals surface area contributed by atoms with Gasteiger partial charge in [0.15, 0.2) is 0 Å². The molecule has 0 unspecified atom stereocenters. The highest BCUT2D eigenvalue weighted by atomic mass is 15.3. The van der Waals surface area contributed by atoms with E-state index in [0.717, 1.165) is 12.2 Å². The van der Waals surface area contributed by atoms with E-state index in [9.17, 15) is 0 Å². The SMILES string of the molecule is CCCCc1nc[nH][n+]1C. The van der Waals surface area contributed by atoms with Crippen LogP contribution in [0.1, 0.15) is 25.6 Å². The van der Waals surface area contributed by atoms with E-state index in [4.69, 9.17) is 0 Å². The van der Waals surface area contributed by atoms with E-state index < -0.39 is 0 Å². The molecule has 3 nitrogen and oxygen atoms in total. The third-order valence-electron chi connectivity index (χ3n) is 1.61. The lowest BCUT2D eigenvalue weighted by molar-refractivity contribution is -0.735. The monoisotopic (exact) mass is 140 g/mol. The van der Waals surface area contributed by atoms with Crippen molar-refractivity contribution < 1.29 is 4.68 Å². The number of aromatic nitrogens is 3. The Bertz CT molecular complexity index is 192. The number of rotatable bonds is 3. The van der Waals surface area contributed by atoms with E-state index in [1.807, 2.05) is 11.7 Å². The summed E-state index contributed by atoms with van der Waals surface area (Å²) in [6, 6.07) is 0. The lowest BCUT2D eigenvalue weighted by Gasteiger charge is -1.88. The van der Waals surface area contributed by atoms with Gasteiger partial charge in [0.05, 0.1) is 6.42 Å². The standard InChI is InChI=1S/C7H13N3/c1-3-4-5-7-8-6-9-10(7)2/h6H,3-5H2,1-2H3/p+1. The van der Waals surface area contributed by atoms with Crippen LogP contribution in [-0.2, 0) is 13.5 Å². The molecular weight excluding hydrogens is 126 g/mol. The topological polar surface area (TPSA) is 32.6 Å². The molecular formula is C7H14N3+. The number of aryl methyl sites for hydroxylation is 2. The van der Waals surface area contributed by atoms with Crippen LogP contribution in [0.25, 0.3) is 0 Å². The molecule has 0 bridgehead atoms. The van der Waals surface area contributed by atoms with Crippen molar-refractivity contribution in [2.75, 3.05) is 0 Å².